The standard InChI is InChI=1S/C15H19NO4.C4H11N/c1-11(2)14(18)16-9-8-13(10-17)20-15(19)12-6-4-3-5-7-12;1-4(2)5-3/h3-7,10-11,13H,8-9H2,1-2H3,(H,16,18);4-5H,1-3H3. The lowest BCUT2D eigenvalue weighted by molar-refractivity contribution is -0.124. The summed E-state index contributed by atoms with van der Waals surface area (Å²) in [7, 11) is 1.95. The quantitative estimate of drug-likeness (QED) is 0.554. The normalized spacial score (nSPS) is 11.3. The van der Waals surface area contributed by atoms with Crippen molar-refractivity contribution in [1.82, 2.24) is 10.6 Å². The average molecular weight is 350 g/mol. The Labute approximate surface area is 150 Å². The van der Waals surface area contributed by atoms with Gasteiger partial charge in [0.05, 0.1) is 5.56 Å². The second-order valence-electron chi connectivity index (χ2n) is 6.12. The van der Waals surface area contributed by atoms with Gasteiger partial charge in [-0.1, -0.05) is 45.9 Å². The van der Waals surface area contributed by atoms with Crippen LogP contribution in [0.25, 0.3) is 0 Å². The summed E-state index contributed by atoms with van der Waals surface area (Å²) in [6.45, 7) is 8.08. The number of carbonyl (C=O) groups is 3. The molecule has 0 fully saturated rings. The fourth-order valence-electron chi connectivity index (χ4n) is 1.48. The Bertz CT molecular complexity index is 515. The third-order valence-electron chi connectivity index (χ3n) is 3.25. The van der Waals surface area contributed by atoms with Gasteiger partial charge in [0.2, 0.25) is 5.91 Å². The Hall–Kier alpha value is -2.21. The van der Waals surface area contributed by atoms with E-state index in [1.807, 2.05) is 7.05 Å². The summed E-state index contributed by atoms with van der Waals surface area (Å²) in [4.78, 5) is 34.0. The summed E-state index contributed by atoms with van der Waals surface area (Å²) in [6.07, 6.45) is -0.0155. The second kappa shape index (κ2) is 13.1. The molecule has 0 aliphatic carbocycles. The van der Waals surface area contributed by atoms with Crippen LogP contribution in [0.15, 0.2) is 30.3 Å². The molecule has 6 heteroatoms. The Kier molecular flexibility index (Phi) is 12.0. The van der Waals surface area contributed by atoms with Crippen LogP contribution in [-0.4, -0.2) is 43.9 Å². The summed E-state index contributed by atoms with van der Waals surface area (Å²) >= 11 is 0. The van der Waals surface area contributed by atoms with E-state index in [1.165, 1.54) is 0 Å². The van der Waals surface area contributed by atoms with Crippen LogP contribution in [0.3, 0.4) is 0 Å². The largest absolute Gasteiger partial charge is 0.451 e. The first-order valence-corrected chi connectivity index (χ1v) is 8.48. The number of aldehydes is 1. The van der Waals surface area contributed by atoms with Crippen molar-refractivity contribution in [3.8, 4) is 0 Å². The molecule has 0 aromatic heterocycles. The van der Waals surface area contributed by atoms with Crippen LogP contribution in [0.1, 0.15) is 44.5 Å². The predicted molar refractivity (Wildman–Crippen MR) is 98.4 cm³/mol. The first-order chi connectivity index (χ1) is 11.8. The highest BCUT2D eigenvalue weighted by Crippen LogP contribution is 2.05. The molecule has 1 amide bonds. The van der Waals surface area contributed by atoms with E-state index in [-0.39, 0.29) is 18.2 Å². The monoisotopic (exact) mass is 350 g/mol. The van der Waals surface area contributed by atoms with Gasteiger partial charge >= 0.3 is 5.97 Å². The van der Waals surface area contributed by atoms with Crippen molar-refractivity contribution >= 4 is 18.2 Å². The molecule has 0 saturated heterocycles. The lowest BCUT2D eigenvalue weighted by atomic mass is 10.2. The van der Waals surface area contributed by atoms with Crippen LogP contribution < -0.4 is 10.6 Å². The summed E-state index contributed by atoms with van der Waals surface area (Å²) in [5.41, 5.74) is 0.394. The Morgan fingerprint density at radius 3 is 2.12 bits per heavy atom. The Morgan fingerprint density at radius 2 is 1.68 bits per heavy atom. The number of ether oxygens (including phenoxy) is 1. The minimum absolute atomic E-state index is 0.0935. The van der Waals surface area contributed by atoms with Crippen molar-refractivity contribution in [3.63, 3.8) is 0 Å². The van der Waals surface area contributed by atoms with Crippen molar-refractivity contribution in [1.29, 1.82) is 0 Å². The summed E-state index contributed by atoms with van der Waals surface area (Å²) in [5, 5.41) is 5.70. The van der Waals surface area contributed by atoms with Crippen LogP contribution in [0.4, 0.5) is 0 Å². The number of rotatable bonds is 8. The van der Waals surface area contributed by atoms with E-state index in [1.54, 1.807) is 44.2 Å². The maximum atomic E-state index is 11.8. The smallest absolute Gasteiger partial charge is 0.338 e. The molecule has 1 aromatic carbocycles. The molecule has 0 radical (unpaired) electrons. The third-order valence-corrected chi connectivity index (χ3v) is 3.25. The van der Waals surface area contributed by atoms with Crippen LogP contribution in [-0.2, 0) is 14.3 Å². The van der Waals surface area contributed by atoms with E-state index in [0.717, 1.165) is 0 Å². The van der Waals surface area contributed by atoms with Crippen LogP contribution >= 0.6 is 0 Å². The molecule has 0 spiro atoms. The number of esters is 1. The lowest BCUT2D eigenvalue weighted by Crippen LogP contribution is -2.32. The molecule has 2 N–H and O–H groups in total. The average Bonchev–Trinajstić information content (AvgIpc) is 2.61. The van der Waals surface area contributed by atoms with Gasteiger partial charge in [-0.3, -0.25) is 9.59 Å². The molecule has 6 nitrogen and oxygen atoms in total. The molecule has 0 aliphatic rings. The van der Waals surface area contributed by atoms with E-state index < -0.39 is 12.1 Å². The number of nitrogens with one attached hydrogen (secondary N) is 2. The van der Waals surface area contributed by atoms with Gasteiger partial charge in [0, 0.05) is 24.9 Å². The lowest BCUT2D eigenvalue weighted by Gasteiger charge is -2.13. The number of amides is 1. The van der Waals surface area contributed by atoms with E-state index >= 15 is 0 Å². The molecule has 0 aliphatic heterocycles. The van der Waals surface area contributed by atoms with Gasteiger partial charge in [-0.05, 0) is 19.2 Å². The highest BCUT2D eigenvalue weighted by atomic mass is 16.5. The van der Waals surface area contributed by atoms with Gasteiger partial charge in [-0.2, -0.15) is 0 Å². The fourth-order valence-corrected chi connectivity index (χ4v) is 1.48. The summed E-state index contributed by atoms with van der Waals surface area (Å²) in [6, 6.07) is 9.09. The van der Waals surface area contributed by atoms with E-state index in [4.69, 9.17) is 4.74 Å². The first kappa shape index (κ1) is 22.8. The zero-order chi connectivity index (χ0) is 19.2. The zero-order valence-corrected chi connectivity index (χ0v) is 15.7. The predicted octanol–water partition coefficient (Wildman–Crippen LogP) is 2.19. The molecule has 25 heavy (non-hydrogen) atoms. The van der Waals surface area contributed by atoms with Crippen molar-refractivity contribution in [2.45, 2.75) is 46.3 Å². The molecule has 1 unspecified atom stereocenters. The Balaban J connectivity index is 0.00000101. The van der Waals surface area contributed by atoms with Crippen molar-refractivity contribution in [2.75, 3.05) is 13.6 Å². The minimum Gasteiger partial charge on any atom is -0.451 e. The molecular weight excluding hydrogens is 320 g/mol. The molecule has 1 rings (SSSR count). The van der Waals surface area contributed by atoms with Gasteiger partial charge in [-0.25, -0.2) is 4.79 Å². The number of carbonyl (C=O) groups excluding carboxylic acids is 3. The van der Waals surface area contributed by atoms with Crippen molar-refractivity contribution in [2.24, 2.45) is 5.92 Å². The SMILES string of the molecule is CC(C)C(=O)NCCC(C=O)OC(=O)c1ccccc1.CNC(C)C. The van der Waals surface area contributed by atoms with E-state index in [0.29, 0.717) is 24.4 Å². The molecule has 0 heterocycles. The maximum absolute atomic E-state index is 11.8. The molecule has 1 aromatic rings. The first-order valence-electron chi connectivity index (χ1n) is 8.48. The molecular formula is C19H30N2O4. The molecule has 1 atom stereocenters. The zero-order valence-electron chi connectivity index (χ0n) is 15.7. The summed E-state index contributed by atoms with van der Waals surface area (Å²) < 4.78 is 5.07. The van der Waals surface area contributed by atoms with Gasteiger partial charge in [0.15, 0.2) is 12.4 Å². The number of hydrogen-bond donors (Lipinski definition) is 2. The number of benzene rings is 1. The van der Waals surface area contributed by atoms with Crippen LogP contribution in [0, 0.1) is 5.92 Å². The van der Waals surface area contributed by atoms with Crippen molar-refractivity contribution in [3.05, 3.63) is 35.9 Å². The Morgan fingerprint density at radius 1 is 1.12 bits per heavy atom. The van der Waals surface area contributed by atoms with Gasteiger partial charge in [0.25, 0.3) is 0 Å². The molecule has 140 valence electrons. The highest BCUT2D eigenvalue weighted by molar-refractivity contribution is 5.90. The maximum Gasteiger partial charge on any atom is 0.338 e. The third kappa shape index (κ3) is 11.1. The number of hydrogen-bond acceptors (Lipinski definition) is 5. The van der Waals surface area contributed by atoms with Gasteiger partial charge in [-0.15, -0.1) is 0 Å². The van der Waals surface area contributed by atoms with E-state index in [9.17, 15) is 14.4 Å². The van der Waals surface area contributed by atoms with Crippen LogP contribution in [0.2, 0.25) is 0 Å². The van der Waals surface area contributed by atoms with Crippen molar-refractivity contribution < 1.29 is 19.1 Å². The molecule has 0 bridgehead atoms. The van der Waals surface area contributed by atoms with Gasteiger partial charge < -0.3 is 15.4 Å². The topological polar surface area (TPSA) is 84.5 Å². The highest BCUT2D eigenvalue weighted by Gasteiger charge is 2.15. The summed E-state index contributed by atoms with van der Waals surface area (Å²) in [5.74, 6) is -0.751. The second-order valence-corrected chi connectivity index (χ2v) is 6.12. The molecule has 0 saturated carbocycles. The van der Waals surface area contributed by atoms with E-state index in [2.05, 4.69) is 24.5 Å². The van der Waals surface area contributed by atoms with Gasteiger partial charge in [0.1, 0.15) is 0 Å². The van der Waals surface area contributed by atoms with Crippen LogP contribution in [0.5, 0.6) is 0 Å². The minimum atomic E-state index is -0.852. The fraction of sp³-hybridized carbons (Fsp3) is 0.526.